The van der Waals surface area contributed by atoms with Crippen LogP contribution in [0.15, 0.2) is 34.8 Å². The van der Waals surface area contributed by atoms with Crippen LogP contribution in [0.3, 0.4) is 0 Å². The van der Waals surface area contributed by atoms with Crippen molar-refractivity contribution in [2.75, 3.05) is 0 Å². The monoisotopic (exact) mass is 309 g/mol. The molecule has 1 N–H and O–H groups in total. The second-order valence-electron chi connectivity index (χ2n) is 4.92. The van der Waals surface area contributed by atoms with Gasteiger partial charge in [0.2, 0.25) is 10.0 Å². The van der Waals surface area contributed by atoms with Crippen molar-refractivity contribution in [1.29, 1.82) is 0 Å². The van der Waals surface area contributed by atoms with E-state index in [1.54, 1.807) is 30.5 Å². The number of nitrogens with one attached hydrogen (secondary N) is 1. The Hall–Kier alpha value is -1.31. The maximum absolute atomic E-state index is 12.2. The van der Waals surface area contributed by atoms with Gasteiger partial charge in [0, 0.05) is 23.7 Å². The fourth-order valence-corrected chi connectivity index (χ4v) is 4.15. The molecule has 3 rings (SSSR count). The van der Waals surface area contributed by atoms with E-state index in [9.17, 15) is 8.42 Å². The first kappa shape index (κ1) is 13.7. The van der Waals surface area contributed by atoms with Gasteiger partial charge < -0.3 is 0 Å². The van der Waals surface area contributed by atoms with E-state index in [1.807, 2.05) is 5.38 Å². The maximum atomic E-state index is 12.2. The van der Waals surface area contributed by atoms with E-state index in [1.165, 1.54) is 25.1 Å². The Labute approximate surface area is 122 Å². The van der Waals surface area contributed by atoms with Crippen LogP contribution in [0.2, 0.25) is 0 Å². The van der Waals surface area contributed by atoms with Gasteiger partial charge in [-0.05, 0) is 31.9 Å². The molecule has 1 atom stereocenters. The fraction of sp³-hybridized carbons (Fsp3) is 0.385. The fourth-order valence-electron chi connectivity index (χ4n) is 1.88. The highest BCUT2D eigenvalue weighted by Crippen LogP contribution is 2.41. The summed E-state index contributed by atoms with van der Waals surface area (Å²) in [6, 6.07) is 2.79. The number of pyridine rings is 1. The molecule has 20 heavy (non-hydrogen) atoms. The van der Waals surface area contributed by atoms with Gasteiger partial charge in [-0.3, -0.25) is 4.98 Å². The van der Waals surface area contributed by atoms with Crippen molar-refractivity contribution in [3.63, 3.8) is 0 Å². The normalized spacial score (nSPS) is 17.1. The molecular formula is C13H15N3O2S2. The van der Waals surface area contributed by atoms with Gasteiger partial charge in [0.05, 0.1) is 16.7 Å². The molecule has 1 fully saturated rings. The third-order valence-electron chi connectivity index (χ3n) is 3.19. The molecule has 106 valence electrons. The molecular weight excluding hydrogens is 294 g/mol. The topological polar surface area (TPSA) is 72.0 Å². The summed E-state index contributed by atoms with van der Waals surface area (Å²) in [5.41, 5.74) is 0.782. The van der Waals surface area contributed by atoms with E-state index in [0.717, 1.165) is 10.7 Å². The Balaban J connectivity index is 1.75. The van der Waals surface area contributed by atoms with Crippen molar-refractivity contribution in [1.82, 2.24) is 14.7 Å². The van der Waals surface area contributed by atoms with Crippen LogP contribution in [0.25, 0.3) is 0 Å². The molecule has 0 unspecified atom stereocenters. The highest BCUT2D eigenvalue weighted by Gasteiger charge is 2.28. The van der Waals surface area contributed by atoms with Gasteiger partial charge in [0.25, 0.3) is 0 Å². The quantitative estimate of drug-likeness (QED) is 0.921. The molecule has 2 heterocycles. The summed E-state index contributed by atoms with van der Waals surface area (Å²) in [6.45, 7) is 1.81. The molecule has 0 saturated heterocycles. The van der Waals surface area contributed by atoms with E-state index in [4.69, 9.17) is 0 Å². The number of aromatic nitrogens is 2. The first-order chi connectivity index (χ1) is 9.56. The summed E-state index contributed by atoms with van der Waals surface area (Å²) >= 11 is 1.61. The first-order valence-corrected chi connectivity index (χ1v) is 8.80. The lowest BCUT2D eigenvalue weighted by atomic mass is 10.3. The van der Waals surface area contributed by atoms with Crippen molar-refractivity contribution >= 4 is 21.4 Å². The van der Waals surface area contributed by atoms with Gasteiger partial charge in [-0.15, -0.1) is 11.3 Å². The van der Waals surface area contributed by atoms with Crippen LogP contribution in [0.1, 0.15) is 42.4 Å². The summed E-state index contributed by atoms with van der Waals surface area (Å²) in [4.78, 5) is 8.53. The van der Waals surface area contributed by atoms with Crippen LogP contribution in [0.4, 0.5) is 0 Å². The molecule has 0 radical (unpaired) electrons. The number of thiazole rings is 1. The molecule has 0 bridgehead atoms. The van der Waals surface area contributed by atoms with E-state index in [0.29, 0.717) is 5.92 Å². The number of nitrogens with zero attached hydrogens (tertiary/aromatic N) is 2. The van der Waals surface area contributed by atoms with Gasteiger partial charge in [0.1, 0.15) is 4.90 Å². The summed E-state index contributed by atoms with van der Waals surface area (Å²) < 4.78 is 27.0. The van der Waals surface area contributed by atoms with Crippen LogP contribution >= 0.6 is 11.3 Å². The average Bonchev–Trinajstić information content (AvgIpc) is 3.17. The Morgan fingerprint density at radius 2 is 2.25 bits per heavy atom. The van der Waals surface area contributed by atoms with Gasteiger partial charge in [-0.2, -0.15) is 0 Å². The van der Waals surface area contributed by atoms with Crippen LogP contribution in [0.5, 0.6) is 0 Å². The van der Waals surface area contributed by atoms with Crippen molar-refractivity contribution in [2.24, 2.45) is 0 Å². The molecule has 1 saturated carbocycles. The zero-order valence-electron chi connectivity index (χ0n) is 11.0. The van der Waals surface area contributed by atoms with Crippen LogP contribution in [-0.4, -0.2) is 18.4 Å². The maximum Gasteiger partial charge on any atom is 0.242 e. The van der Waals surface area contributed by atoms with E-state index < -0.39 is 10.0 Å². The van der Waals surface area contributed by atoms with Crippen LogP contribution < -0.4 is 4.72 Å². The Morgan fingerprint density at radius 1 is 1.45 bits per heavy atom. The molecule has 5 nitrogen and oxygen atoms in total. The third kappa shape index (κ3) is 2.89. The second kappa shape index (κ2) is 5.23. The standard InChI is InChI=1S/C13H15N3O2S2/c1-9(12-8-19-13(15-12)10-4-5-10)16-20(17,18)11-3-2-6-14-7-11/h2-3,6-10,16H,4-5H2,1H3/t9-/m1/s1. The van der Waals surface area contributed by atoms with Crippen LogP contribution in [-0.2, 0) is 10.0 Å². The van der Waals surface area contributed by atoms with E-state index in [2.05, 4.69) is 14.7 Å². The van der Waals surface area contributed by atoms with E-state index >= 15 is 0 Å². The van der Waals surface area contributed by atoms with Crippen LogP contribution in [0, 0.1) is 0 Å². The zero-order valence-corrected chi connectivity index (χ0v) is 12.6. The molecule has 2 aromatic heterocycles. The highest BCUT2D eigenvalue weighted by atomic mass is 32.2. The minimum atomic E-state index is -3.55. The summed E-state index contributed by atoms with van der Waals surface area (Å²) in [5.74, 6) is 0.593. The third-order valence-corrected chi connectivity index (χ3v) is 5.74. The van der Waals surface area contributed by atoms with E-state index in [-0.39, 0.29) is 10.9 Å². The van der Waals surface area contributed by atoms with Crippen molar-refractivity contribution in [2.45, 2.75) is 36.6 Å². The van der Waals surface area contributed by atoms with Crippen molar-refractivity contribution < 1.29 is 8.42 Å². The molecule has 1 aliphatic carbocycles. The molecule has 0 aliphatic heterocycles. The van der Waals surface area contributed by atoms with Gasteiger partial charge in [-0.25, -0.2) is 18.1 Å². The molecule has 0 amide bonds. The van der Waals surface area contributed by atoms with Crippen molar-refractivity contribution in [3.05, 3.63) is 40.6 Å². The Bertz CT molecular complexity index is 693. The minimum absolute atomic E-state index is 0.171. The number of hydrogen-bond acceptors (Lipinski definition) is 5. The molecule has 0 spiro atoms. The molecule has 7 heteroatoms. The molecule has 2 aromatic rings. The largest absolute Gasteiger partial charge is 0.263 e. The second-order valence-corrected chi connectivity index (χ2v) is 7.52. The Morgan fingerprint density at radius 3 is 2.90 bits per heavy atom. The zero-order chi connectivity index (χ0) is 14.2. The van der Waals surface area contributed by atoms with Gasteiger partial charge >= 0.3 is 0 Å². The number of rotatable bonds is 5. The van der Waals surface area contributed by atoms with Gasteiger partial charge in [0.15, 0.2) is 0 Å². The predicted molar refractivity (Wildman–Crippen MR) is 77.1 cm³/mol. The summed E-state index contributed by atoms with van der Waals surface area (Å²) in [5, 5.41) is 3.05. The van der Waals surface area contributed by atoms with Crippen molar-refractivity contribution in [3.8, 4) is 0 Å². The lowest BCUT2D eigenvalue weighted by molar-refractivity contribution is 0.564. The molecule has 0 aromatic carbocycles. The predicted octanol–water partition coefficient (Wildman–Crippen LogP) is 2.46. The Kier molecular flexibility index (Phi) is 3.57. The highest BCUT2D eigenvalue weighted by molar-refractivity contribution is 7.89. The first-order valence-electron chi connectivity index (χ1n) is 6.44. The minimum Gasteiger partial charge on any atom is -0.263 e. The smallest absolute Gasteiger partial charge is 0.242 e. The lowest BCUT2D eigenvalue weighted by Gasteiger charge is -2.11. The van der Waals surface area contributed by atoms with Gasteiger partial charge in [-0.1, -0.05) is 0 Å². The number of hydrogen-bond donors (Lipinski definition) is 1. The summed E-state index contributed by atoms with van der Waals surface area (Å²) in [7, 11) is -3.55. The molecule has 1 aliphatic rings. The summed E-state index contributed by atoms with van der Waals surface area (Å²) in [6.07, 6.45) is 5.28. The average molecular weight is 309 g/mol. The lowest BCUT2D eigenvalue weighted by Crippen LogP contribution is -2.27. The SMILES string of the molecule is C[C@@H](NS(=O)(=O)c1cccnc1)c1csc(C2CC2)n1. The number of sulfonamides is 1.